The summed E-state index contributed by atoms with van der Waals surface area (Å²) in [7, 11) is 3.18. The molecular formula is C19H24F2IN3O2. The van der Waals surface area contributed by atoms with Gasteiger partial charge >= 0.3 is 0 Å². The van der Waals surface area contributed by atoms with E-state index in [9.17, 15) is 8.78 Å². The first-order chi connectivity index (χ1) is 12.5. The highest BCUT2D eigenvalue weighted by Crippen LogP contribution is 2.27. The lowest BCUT2D eigenvalue weighted by Gasteiger charge is -2.10. The van der Waals surface area contributed by atoms with E-state index in [1.165, 1.54) is 6.07 Å². The highest BCUT2D eigenvalue weighted by Gasteiger charge is 2.05. The molecule has 0 atom stereocenters. The summed E-state index contributed by atoms with van der Waals surface area (Å²) < 4.78 is 37.1. The molecule has 0 amide bonds. The van der Waals surface area contributed by atoms with Gasteiger partial charge in [-0.2, -0.15) is 0 Å². The van der Waals surface area contributed by atoms with Gasteiger partial charge in [0.1, 0.15) is 11.6 Å². The molecule has 2 rings (SSSR count). The summed E-state index contributed by atoms with van der Waals surface area (Å²) in [5.74, 6) is 0.703. The Kier molecular flexibility index (Phi) is 9.84. The van der Waals surface area contributed by atoms with Crippen LogP contribution in [-0.4, -0.2) is 33.3 Å². The van der Waals surface area contributed by atoms with Crippen molar-refractivity contribution < 1.29 is 18.3 Å². The number of methoxy groups -OCH3 is 2. The highest BCUT2D eigenvalue weighted by atomic mass is 127. The fraction of sp³-hybridized carbons (Fsp3) is 0.316. The average Bonchev–Trinajstić information content (AvgIpc) is 2.64. The smallest absolute Gasteiger partial charge is 0.188 e. The molecule has 8 heteroatoms. The van der Waals surface area contributed by atoms with Crippen LogP contribution >= 0.6 is 24.0 Å². The normalized spacial score (nSPS) is 10.9. The number of guanidine groups is 1. The van der Waals surface area contributed by atoms with Gasteiger partial charge in [0.15, 0.2) is 17.5 Å². The van der Waals surface area contributed by atoms with Crippen molar-refractivity contribution in [2.24, 2.45) is 10.7 Å². The Morgan fingerprint density at radius 1 is 1.04 bits per heavy atom. The third-order valence-corrected chi connectivity index (χ3v) is 3.84. The molecule has 148 valence electrons. The van der Waals surface area contributed by atoms with E-state index in [-0.39, 0.29) is 48.5 Å². The van der Waals surface area contributed by atoms with Crippen molar-refractivity contribution in [3.8, 4) is 11.5 Å². The van der Waals surface area contributed by atoms with E-state index in [0.717, 1.165) is 24.1 Å². The Balaban J connectivity index is 0.00000364. The van der Waals surface area contributed by atoms with Gasteiger partial charge in [-0.1, -0.05) is 6.07 Å². The van der Waals surface area contributed by atoms with E-state index < -0.39 is 11.6 Å². The minimum absolute atomic E-state index is 0. The fourth-order valence-electron chi connectivity index (χ4n) is 2.46. The Morgan fingerprint density at radius 2 is 1.78 bits per heavy atom. The van der Waals surface area contributed by atoms with Gasteiger partial charge < -0.3 is 20.5 Å². The largest absolute Gasteiger partial charge is 0.493 e. The first kappa shape index (κ1) is 22.9. The van der Waals surface area contributed by atoms with Crippen molar-refractivity contribution in [1.82, 2.24) is 5.32 Å². The third-order valence-electron chi connectivity index (χ3n) is 3.84. The zero-order chi connectivity index (χ0) is 18.9. The molecule has 0 fully saturated rings. The van der Waals surface area contributed by atoms with Gasteiger partial charge in [-0.05, 0) is 54.3 Å². The number of rotatable bonds is 8. The second kappa shape index (κ2) is 11.6. The van der Waals surface area contributed by atoms with E-state index in [0.29, 0.717) is 18.0 Å². The lowest BCUT2D eigenvalue weighted by atomic mass is 10.1. The minimum Gasteiger partial charge on any atom is -0.493 e. The Hall–Kier alpha value is -2.10. The molecule has 0 saturated heterocycles. The second-order valence-electron chi connectivity index (χ2n) is 5.62. The number of hydrogen-bond donors (Lipinski definition) is 2. The van der Waals surface area contributed by atoms with Gasteiger partial charge in [0.05, 0.1) is 14.2 Å². The molecular weight excluding hydrogens is 467 g/mol. The number of nitrogens with one attached hydrogen (secondary N) is 1. The van der Waals surface area contributed by atoms with E-state index in [1.54, 1.807) is 14.2 Å². The number of ether oxygens (including phenoxy) is 2. The Bertz CT molecular complexity index is 773. The zero-order valence-electron chi connectivity index (χ0n) is 15.3. The number of nitrogens with zero attached hydrogens (tertiary/aromatic N) is 1. The van der Waals surface area contributed by atoms with Crippen molar-refractivity contribution >= 4 is 29.9 Å². The molecule has 0 aromatic heterocycles. The number of nitrogens with two attached hydrogens (primary N) is 1. The quantitative estimate of drug-likeness (QED) is 0.338. The maximum absolute atomic E-state index is 13.5. The van der Waals surface area contributed by atoms with Crippen LogP contribution < -0.4 is 20.5 Å². The van der Waals surface area contributed by atoms with E-state index >= 15 is 0 Å². The molecule has 0 bridgehead atoms. The van der Waals surface area contributed by atoms with Gasteiger partial charge in [0.2, 0.25) is 0 Å². The molecule has 2 aromatic carbocycles. The number of aliphatic imine (C=N–C) groups is 1. The van der Waals surface area contributed by atoms with E-state index in [1.807, 2.05) is 18.2 Å². The zero-order valence-corrected chi connectivity index (χ0v) is 17.6. The first-order valence-corrected chi connectivity index (χ1v) is 8.22. The first-order valence-electron chi connectivity index (χ1n) is 8.22. The summed E-state index contributed by atoms with van der Waals surface area (Å²) in [5, 5.41) is 3.00. The number of benzene rings is 2. The van der Waals surface area contributed by atoms with Crippen LogP contribution in [0, 0.1) is 11.6 Å². The third kappa shape index (κ3) is 7.20. The maximum Gasteiger partial charge on any atom is 0.188 e. The van der Waals surface area contributed by atoms with Crippen LogP contribution in [0.5, 0.6) is 11.5 Å². The number of hydrogen-bond acceptors (Lipinski definition) is 3. The molecule has 0 aliphatic carbocycles. The van der Waals surface area contributed by atoms with Crippen LogP contribution in [0.2, 0.25) is 0 Å². The van der Waals surface area contributed by atoms with Crippen LogP contribution in [0.3, 0.4) is 0 Å². The number of halogens is 3. The molecule has 0 aliphatic rings. The molecule has 0 spiro atoms. The topological polar surface area (TPSA) is 68.9 Å². The fourth-order valence-corrected chi connectivity index (χ4v) is 2.46. The highest BCUT2D eigenvalue weighted by molar-refractivity contribution is 14.0. The van der Waals surface area contributed by atoms with Crippen LogP contribution in [-0.2, 0) is 12.8 Å². The molecule has 5 nitrogen and oxygen atoms in total. The van der Waals surface area contributed by atoms with Crippen LogP contribution in [0.25, 0.3) is 0 Å². The summed E-state index contributed by atoms with van der Waals surface area (Å²) >= 11 is 0. The van der Waals surface area contributed by atoms with E-state index in [4.69, 9.17) is 15.2 Å². The Labute approximate surface area is 175 Å². The molecule has 0 unspecified atom stereocenters. The lowest BCUT2D eigenvalue weighted by Crippen LogP contribution is -2.33. The van der Waals surface area contributed by atoms with Crippen LogP contribution in [0.4, 0.5) is 8.78 Å². The average molecular weight is 491 g/mol. The molecule has 0 heterocycles. The van der Waals surface area contributed by atoms with Crippen LogP contribution in [0.15, 0.2) is 41.4 Å². The van der Waals surface area contributed by atoms with Gasteiger partial charge in [0.25, 0.3) is 0 Å². The maximum atomic E-state index is 13.5. The van der Waals surface area contributed by atoms with Gasteiger partial charge in [-0.25, -0.2) is 8.78 Å². The van der Waals surface area contributed by atoms with Crippen molar-refractivity contribution in [2.45, 2.75) is 12.8 Å². The summed E-state index contributed by atoms with van der Waals surface area (Å²) in [6.45, 7) is 0.856. The van der Waals surface area contributed by atoms with Gasteiger partial charge in [-0.15, -0.1) is 24.0 Å². The summed E-state index contributed by atoms with van der Waals surface area (Å²) in [6.07, 6.45) is 0.997. The molecule has 27 heavy (non-hydrogen) atoms. The minimum atomic E-state index is -0.466. The SMILES string of the molecule is COc1ccc(CCNC(N)=NCCc2cc(F)ccc2F)cc1OC.I. The summed E-state index contributed by atoms with van der Waals surface area (Å²) in [4.78, 5) is 4.13. The van der Waals surface area contributed by atoms with E-state index in [2.05, 4.69) is 10.3 Å². The van der Waals surface area contributed by atoms with Crippen molar-refractivity contribution in [3.05, 3.63) is 59.2 Å². The van der Waals surface area contributed by atoms with Crippen LogP contribution in [0.1, 0.15) is 11.1 Å². The van der Waals surface area contributed by atoms with Crippen molar-refractivity contribution in [2.75, 3.05) is 27.3 Å². The molecule has 0 saturated carbocycles. The standard InChI is InChI=1S/C19H23F2N3O2.HI/c1-25-17-6-3-13(11-18(17)26-2)7-9-23-19(22)24-10-8-14-12-15(20)4-5-16(14)21;/h3-6,11-12H,7-10H2,1-2H3,(H3,22,23,24);1H. The predicted octanol–water partition coefficient (Wildman–Crippen LogP) is 3.29. The van der Waals surface area contributed by atoms with Gasteiger partial charge in [-0.3, -0.25) is 4.99 Å². The van der Waals surface area contributed by atoms with Crippen molar-refractivity contribution in [3.63, 3.8) is 0 Å². The monoisotopic (exact) mass is 491 g/mol. The van der Waals surface area contributed by atoms with Gasteiger partial charge in [0, 0.05) is 13.1 Å². The Morgan fingerprint density at radius 3 is 2.48 bits per heavy atom. The molecule has 2 aromatic rings. The molecule has 3 N–H and O–H groups in total. The molecule has 0 radical (unpaired) electrons. The van der Waals surface area contributed by atoms with Crippen molar-refractivity contribution in [1.29, 1.82) is 0 Å². The lowest BCUT2D eigenvalue weighted by molar-refractivity contribution is 0.354. The predicted molar refractivity (Wildman–Crippen MR) is 113 cm³/mol. The summed E-state index contributed by atoms with van der Waals surface area (Å²) in [6, 6.07) is 9.07. The second-order valence-corrected chi connectivity index (χ2v) is 5.62. The molecule has 0 aliphatic heterocycles. The summed E-state index contributed by atoms with van der Waals surface area (Å²) in [5.41, 5.74) is 7.14.